The fourth-order valence-corrected chi connectivity index (χ4v) is 5.30. The van der Waals surface area contributed by atoms with Gasteiger partial charge in [0.1, 0.15) is 11.9 Å². The first-order chi connectivity index (χ1) is 15.9. The second-order valence-corrected chi connectivity index (χ2v) is 9.58. The first-order valence-corrected chi connectivity index (χ1v) is 11.6. The van der Waals surface area contributed by atoms with Gasteiger partial charge in [0.05, 0.1) is 24.8 Å². The number of halogens is 2. The van der Waals surface area contributed by atoms with Crippen LogP contribution in [0.25, 0.3) is 0 Å². The molecule has 3 amide bonds. The Morgan fingerprint density at radius 3 is 2.67 bits per heavy atom. The van der Waals surface area contributed by atoms with Crippen LogP contribution in [-0.2, 0) is 4.79 Å². The van der Waals surface area contributed by atoms with Crippen LogP contribution in [-0.4, -0.2) is 64.4 Å². The van der Waals surface area contributed by atoms with Gasteiger partial charge in [-0.25, -0.2) is 9.37 Å². The van der Waals surface area contributed by atoms with Crippen LogP contribution in [0.4, 0.5) is 10.1 Å². The highest BCUT2D eigenvalue weighted by Gasteiger charge is 2.49. The monoisotopic (exact) mass is 473 g/mol. The molecule has 174 valence electrons. The number of alkyl halides is 1. The zero-order valence-corrected chi connectivity index (χ0v) is 18.8. The maximum atomic E-state index is 13.3. The van der Waals surface area contributed by atoms with Gasteiger partial charge < -0.3 is 20.1 Å². The number of likely N-dealkylation sites (tertiary alicyclic amines) is 1. The standard InChI is InChI=1S/C23H25ClFN5O3/c24-14-2-1-3-17(10-14)30-9-8-23(22(30)33)6-4-16(5-7-23)28-20(31)18-19(27-13-26-18)21(32)29-11-15(25)12-29/h1-3,10,13,15-16H,4-9,11-12H2,(H,26,27)(H,28,31)/t16-,23-. The number of carbonyl (C=O) groups is 3. The highest BCUT2D eigenvalue weighted by atomic mass is 35.5. The van der Waals surface area contributed by atoms with Crippen molar-refractivity contribution in [3.8, 4) is 0 Å². The third kappa shape index (κ3) is 3.99. The number of carbonyl (C=O) groups excluding carboxylic acids is 3. The average Bonchev–Trinajstić information content (AvgIpc) is 3.39. The van der Waals surface area contributed by atoms with E-state index in [1.54, 1.807) is 6.07 Å². The lowest BCUT2D eigenvalue weighted by Crippen LogP contribution is -2.52. The molecule has 0 bridgehead atoms. The molecule has 10 heteroatoms. The van der Waals surface area contributed by atoms with Crippen molar-refractivity contribution in [2.75, 3.05) is 24.5 Å². The number of imidazole rings is 1. The molecule has 2 aromatic rings. The summed E-state index contributed by atoms with van der Waals surface area (Å²) in [7, 11) is 0. The van der Waals surface area contributed by atoms with Crippen molar-refractivity contribution >= 4 is 35.0 Å². The van der Waals surface area contributed by atoms with Gasteiger partial charge in [-0.1, -0.05) is 17.7 Å². The lowest BCUT2D eigenvalue weighted by atomic mass is 9.71. The van der Waals surface area contributed by atoms with E-state index in [1.165, 1.54) is 11.2 Å². The van der Waals surface area contributed by atoms with E-state index in [0.717, 1.165) is 12.1 Å². The number of benzene rings is 1. The lowest BCUT2D eigenvalue weighted by molar-refractivity contribution is -0.127. The number of H-pyrrole nitrogens is 1. The summed E-state index contributed by atoms with van der Waals surface area (Å²) >= 11 is 6.10. The Bertz CT molecular complexity index is 1090. The number of hydrogen-bond donors (Lipinski definition) is 2. The van der Waals surface area contributed by atoms with Gasteiger partial charge in [-0.2, -0.15) is 0 Å². The molecule has 8 nitrogen and oxygen atoms in total. The van der Waals surface area contributed by atoms with E-state index in [9.17, 15) is 18.8 Å². The second kappa shape index (κ2) is 8.44. The van der Waals surface area contributed by atoms with Gasteiger partial charge in [-0.3, -0.25) is 14.4 Å². The summed E-state index contributed by atoms with van der Waals surface area (Å²) in [5, 5.41) is 3.57. The average molecular weight is 474 g/mol. The number of amides is 3. The summed E-state index contributed by atoms with van der Waals surface area (Å²) in [5.41, 5.74) is 0.512. The Morgan fingerprint density at radius 1 is 1.21 bits per heavy atom. The summed E-state index contributed by atoms with van der Waals surface area (Å²) in [4.78, 5) is 48.4. The quantitative estimate of drug-likeness (QED) is 0.713. The second-order valence-electron chi connectivity index (χ2n) is 9.15. The fraction of sp³-hybridized carbons (Fsp3) is 0.478. The molecule has 0 unspecified atom stereocenters. The topological polar surface area (TPSA) is 98.4 Å². The normalized spacial score (nSPS) is 25.4. The van der Waals surface area contributed by atoms with Crippen molar-refractivity contribution in [1.82, 2.24) is 20.2 Å². The van der Waals surface area contributed by atoms with Crippen LogP contribution in [0.5, 0.6) is 0 Å². The van der Waals surface area contributed by atoms with Gasteiger partial charge in [0, 0.05) is 23.3 Å². The Morgan fingerprint density at radius 2 is 1.97 bits per heavy atom. The van der Waals surface area contributed by atoms with Gasteiger partial charge in [-0.05, 0) is 50.3 Å². The summed E-state index contributed by atoms with van der Waals surface area (Å²) < 4.78 is 13.1. The highest BCUT2D eigenvalue weighted by molar-refractivity contribution is 6.31. The van der Waals surface area contributed by atoms with Crippen molar-refractivity contribution in [2.45, 2.75) is 44.3 Å². The number of nitrogens with one attached hydrogen (secondary N) is 2. The number of hydrogen-bond acceptors (Lipinski definition) is 4. The molecular weight excluding hydrogens is 449 g/mol. The Labute approximate surface area is 195 Å². The molecule has 3 fully saturated rings. The van der Waals surface area contributed by atoms with Gasteiger partial charge in [0.25, 0.3) is 11.8 Å². The Kier molecular flexibility index (Phi) is 5.60. The molecule has 1 aromatic carbocycles. The molecule has 1 spiro atoms. The van der Waals surface area contributed by atoms with E-state index in [1.807, 2.05) is 23.1 Å². The molecule has 0 radical (unpaired) electrons. The van der Waals surface area contributed by atoms with Gasteiger partial charge in [0.2, 0.25) is 5.91 Å². The van der Waals surface area contributed by atoms with E-state index in [0.29, 0.717) is 37.3 Å². The Hall–Kier alpha value is -2.94. The van der Waals surface area contributed by atoms with Crippen molar-refractivity contribution in [3.05, 3.63) is 47.0 Å². The molecule has 1 saturated carbocycles. The highest BCUT2D eigenvalue weighted by Crippen LogP contribution is 2.46. The number of anilines is 1. The summed E-state index contributed by atoms with van der Waals surface area (Å²) in [6.07, 6.45) is 3.79. The van der Waals surface area contributed by atoms with Crippen LogP contribution in [0.1, 0.15) is 53.1 Å². The van der Waals surface area contributed by atoms with Crippen LogP contribution < -0.4 is 10.2 Å². The minimum atomic E-state index is -1.02. The van der Waals surface area contributed by atoms with E-state index >= 15 is 0 Å². The summed E-state index contributed by atoms with van der Waals surface area (Å²) in [5.74, 6) is -0.736. The predicted molar refractivity (Wildman–Crippen MR) is 120 cm³/mol. The van der Waals surface area contributed by atoms with Gasteiger partial charge in [0.15, 0.2) is 5.69 Å². The lowest BCUT2D eigenvalue weighted by Gasteiger charge is -2.36. The molecule has 2 N–H and O–H groups in total. The molecule has 2 aliphatic heterocycles. The van der Waals surface area contributed by atoms with Gasteiger partial charge >= 0.3 is 0 Å². The van der Waals surface area contributed by atoms with E-state index in [2.05, 4.69) is 15.3 Å². The molecule has 33 heavy (non-hydrogen) atoms. The molecule has 0 atom stereocenters. The van der Waals surface area contributed by atoms with Crippen LogP contribution in [0, 0.1) is 5.41 Å². The van der Waals surface area contributed by atoms with Crippen molar-refractivity contribution in [2.24, 2.45) is 5.41 Å². The number of rotatable bonds is 4. The van der Waals surface area contributed by atoms with Crippen molar-refractivity contribution < 1.29 is 18.8 Å². The van der Waals surface area contributed by atoms with E-state index in [-0.39, 0.29) is 36.4 Å². The van der Waals surface area contributed by atoms with E-state index in [4.69, 9.17) is 11.6 Å². The third-order valence-corrected chi connectivity index (χ3v) is 7.34. The molecule has 3 heterocycles. The van der Waals surface area contributed by atoms with Crippen LogP contribution in [0.15, 0.2) is 30.6 Å². The smallest absolute Gasteiger partial charge is 0.275 e. The molecule has 1 aliphatic carbocycles. The minimum Gasteiger partial charge on any atom is -0.348 e. The molecular formula is C23H25ClFN5O3. The predicted octanol–water partition coefficient (Wildman–Crippen LogP) is 2.95. The summed E-state index contributed by atoms with van der Waals surface area (Å²) in [6, 6.07) is 7.23. The van der Waals surface area contributed by atoms with Gasteiger partial charge in [-0.15, -0.1) is 0 Å². The number of aromatic nitrogens is 2. The molecule has 1 aromatic heterocycles. The number of aromatic amines is 1. The first kappa shape index (κ1) is 21.9. The zero-order valence-electron chi connectivity index (χ0n) is 18.0. The van der Waals surface area contributed by atoms with E-state index < -0.39 is 23.4 Å². The number of nitrogens with zero attached hydrogens (tertiary/aromatic N) is 3. The largest absolute Gasteiger partial charge is 0.348 e. The van der Waals surface area contributed by atoms with Crippen LogP contribution in [0.2, 0.25) is 5.02 Å². The minimum absolute atomic E-state index is 0.00909. The third-order valence-electron chi connectivity index (χ3n) is 7.10. The van der Waals surface area contributed by atoms with Crippen LogP contribution >= 0.6 is 11.6 Å². The maximum absolute atomic E-state index is 13.3. The zero-order chi connectivity index (χ0) is 23.2. The fourth-order valence-electron chi connectivity index (χ4n) is 5.12. The van der Waals surface area contributed by atoms with Crippen molar-refractivity contribution in [1.29, 1.82) is 0 Å². The summed E-state index contributed by atoms with van der Waals surface area (Å²) in [6.45, 7) is 0.710. The molecule has 2 saturated heterocycles. The SMILES string of the molecule is O=C(N[C@H]1CC[C@@]2(CCN(c3cccc(Cl)c3)C2=O)CC1)c1[nH]cnc1C(=O)N1CC(F)C1. The van der Waals surface area contributed by atoms with Crippen LogP contribution in [0.3, 0.4) is 0 Å². The first-order valence-electron chi connectivity index (χ1n) is 11.2. The molecule has 3 aliphatic rings. The van der Waals surface area contributed by atoms with Crippen molar-refractivity contribution in [3.63, 3.8) is 0 Å². The molecule has 5 rings (SSSR count). The Balaban J connectivity index is 1.20. The maximum Gasteiger partial charge on any atom is 0.275 e.